The number of aliphatic hydroxyl groups is 1. The van der Waals surface area contributed by atoms with E-state index < -0.39 is 0 Å². The van der Waals surface area contributed by atoms with E-state index in [0.717, 1.165) is 17.9 Å². The Balaban J connectivity index is 1.84. The summed E-state index contributed by atoms with van der Waals surface area (Å²) in [7, 11) is 0. The van der Waals surface area contributed by atoms with Crippen LogP contribution in [0.3, 0.4) is 0 Å². The Bertz CT molecular complexity index is 327. The summed E-state index contributed by atoms with van der Waals surface area (Å²) in [6, 6.07) is 8.41. The zero-order chi connectivity index (χ0) is 12.1. The van der Waals surface area contributed by atoms with Crippen LogP contribution in [0.1, 0.15) is 50.7 Å². The first kappa shape index (κ1) is 13.0. The van der Waals surface area contributed by atoms with Crippen LogP contribution in [0.4, 0.5) is 0 Å². The monoisotopic (exact) mass is 250 g/mol. The maximum absolute atomic E-state index is 9.72. The van der Waals surface area contributed by atoms with Gasteiger partial charge in [0.2, 0.25) is 0 Å². The quantitative estimate of drug-likeness (QED) is 0.781. The van der Waals surface area contributed by atoms with Gasteiger partial charge in [-0.3, -0.25) is 0 Å². The van der Waals surface area contributed by atoms with Crippen LogP contribution in [0.15, 0.2) is 29.2 Å². The first-order valence-electron chi connectivity index (χ1n) is 6.70. The molecule has 2 rings (SSSR count). The average Bonchev–Trinajstić information content (AvgIpc) is 2.89. The molecule has 1 aromatic carbocycles. The minimum atomic E-state index is -0.302. The zero-order valence-electron chi connectivity index (χ0n) is 10.6. The van der Waals surface area contributed by atoms with E-state index in [2.05, 4.69) is 24.3 Å². The molecular formula is C15H22OS. The maximum Gasteiger partial charge on any atom is 0.0787 e. The number of aliphatic hydroxyl groups excluding tert-OH is 1. The van der Waals surface area contributed by atoms with Crippen LogP contribution in [0.2, 0.25) is 0 Å². The van der Waals surface area contributed by atoms with Gasteiger partial charge in [-0.15, -0.1) is 11.8 Å². The summed E-state index contributed by atoms with van der Waals surface area (Å²) in [5, 5.41) is 9.72. The molecule has 0 unspecified atom stereocenters. The molecule has 0 radical (unpaired) electrons. The first-order chi connectivity index (χ1) is 8.29. The minimum Gasteiger partial charge on any atom is -0.388 e. The Kier molecular flexibility index (Phi) is 4.93. The highest BCUT2D eigenvalue weighted by atomic mass is 32.2. The van der Waals surface area contributed by atoms with Gasteiger partial charge in [0.15, 0.2) is 0 Å². The summed E-state index contributed by atoms with van der Waals surface area (Å²) in [5.74, 6) is 2.19. The molecule has 0 aliphatic heterocycles. The van der Waals surface area contributed by atoms with Crippen molar-refractivity contribution in [2.45, 2.75) is 50.0 Å². The molecule has 94 valence electrons. The molecule has 1 fully saturated rings. The van der Waals surface area contributed by atoms with Gasteiger partial charge in [-0.05, 0) is 42.9 Å². The van der Waals surface area contributed by atoms with E-state index in [1.54, 1.807) is 0 Å². The van der Waals surface area contributed by atoms with Gasteiger partial charge < -0.3 is 5.11 Å². The molecule has 1 aliphatic rings. The van der Waals surface area contributed by atoms with E-state index in [0.29, 0.717) is 0 Å². The molecule has 1 aliphatic carbocycles. The van der Waals surface area contributed by atoms with Crippen molar-refractivity contribution in [3.63, 3.8) is 0 Å². The molecule has 1 atom stereocenters. The molecule has 1 N–H and O–H groups in total. The fraction of sp³-hybridized carbons (Fsp3) is 0.600. The van der Waals surface area contributed by atoms with E-state index in [4.69, 9.17) is 0 Å². The van der Waals surface area contributed by atoms with Gasteiger partial charge in [0.05, 0.1) is 6.10 Å². The third-order valence-corrected chi connectivity index (χ3v) is 4.86. The molecule has 0 aromatic heterocycles. The Morgan fingerprint density at radius 3 is 2.47 bits per heavy atom. The topological polar surface area (TPSA) is 20.2 Å². The highest BCUT2D eigenvalue weighted by molar-refractivity contribution is 7.99. The van der Waals surface area contributed by atoms with Crippen molar-refractivity contribution in [3.05, 3.63) is 29.8 Å². The number of benzene rings is 1. The second-order valence-corrected chi connectivity index (χ2v) is 6.05. The lowest BCUT2D eigenvalue weighted by Gasteiger charge is -2.10. The lowest BCUT2D eigenvalue weighted by Crippen LogP contribution is -1.97. The molecule has 0 bridgehead atoms. The molecule has 17 heavy (non-hydrogen) atoms. The normalized spacial score (nSPS) is 18.5. The second kappa shape index (κ2) is 6.46. The Morgan fingerprint density at radius 2 is 1.88 bits per heavy atom. The van der Waals surface area contributed by atoms with Crippen LogP contribution in [-0.2, 0) is 0 Å². The van der Waals surface area contributed by atoms with Gasteiger partial charge in [-0.2, -0.15) is 0 Å². The second-order valence-electron chi connectivity index (χ2n) is 4.95. The molecule has 0 amide bonds. The van der Waals surface area contributed by atoms with E-state index in [-0.39, 0.29) is 6.10 Å². The number of thioether (sulfide) groups is 1. The lowest BCUT2D eigenvalue weighted by atomic mass is 10.1. The van der Waals surface area contributed by atoms with Crippen LogP contribution in [0.5, 0.6) is 0 Å². The van der Waals surface area contributed by atoms with Gasteiger partial charge in [-0.1, -0.05) is 31.9 Å². The summed E-state index contributed by atoms with van der Waals surface area (Å²) < 4.78 is 0. The Labute approximate surface area is 109 Å². The highest BCUT2D eigenvalue weighted by Gasteiger charge is 2.14. The summed E-state index contributed by atoms with van der Waals surface area (Å²) >= 11 is 1.96. The number of hydrogen-bond donors (Lipinski definition) is 1. The molecule has 1 nitrogen and oxygen atoms in total. The minimum absolute atomic E-state index is 0.302. The Morgan fingerprint density at radius 1 is 1.24 bits per heavy atom. The summed E-state index contributed by atoms with van der Waals surface area (Å²) in [6.07, 6.45) is 6.16. The smallest absolute Gasteiger partial charge is 0.0787 e. The van der Waals surface area contributed by atoms with E-state index in [1.807, 2.05) is 18.7 Å². The fourth-order valence-electron chi connectivity index (χ4n) is 2.41. The molecule has 2 heteroatoms. The van der Waals surface area contributed by atoms with Crippen molar-refractivity contribution in [2.75, 3.05) is 5.75 Å². The number of rotatable bonds is 5. The van der Waals surface area contributed by atoms with Crippen molar-refractivity contribution in [1.29, 1.82) is 0 Å². The molecule has 1 aromatic rings. The summed E-state index contributed by atoms with van der Waals surface area (Å²) in [6.45, 7) is 2.01. The van der Waals surface area contributed by atoms with Crippen molar-refractivity contribution < 1.29 is 5.11 Å². The van der Waals surface area contributed by atoms with Crippen LogP contribution in [0, 0.1) is 5.92 Å². The first-order valence-corrected chi connectivity index (χ1v) is 7.69. The maximum atomic E-state index is 9.72. The van der Waals surface area contributed by atoms with Gasteiger partial charge >= 0.3 is 0 Å². The zero-order valence-corrected chi connectivity index (χ0v) is 11.4. The third kappa shape index (κ3) is 3.75. The van der Waals surface area contributed by atoms with Crippen LogP contribution < -0.4 is 0 Å². The molecule has 0 saturated heterocycles. The summed E-state index contributed by atoms with van der Waals surface area (Å²) in [5.41, 5.74) is 1.04. The molecule has 1 saturated carbocycles. The predicted molar refractivity (Wildman–Crippen MR) is 74.4 cm³/mol. The predicted octanol–water partition coefficient (Wildman–Crippen LogP) is 4.41. The molecule has 0 spiro atoms. The SMILES string of the molecule is CC[C@@H](O)c1ccc(SCC2CCCC2)cc1. The number of hydrogen-bond acceptors (Lipinski definition) is 2. The standard InChI is InChI=1S/C15H22OS/c1-2-15(16)13-7-9-14(10-8-13)17-11-12-5-3-4-6-12/h7-10,12,15-16H,2-6,11H2,1H3/t15-/m1/s1. The highest BCUT2D eigenvalue weighted by Crippen LogP contribution is 2.31. The van der Waals surface area contributed by atoms with Crippen molar-refractivity contribution in [2.24, 2.45) is 5.92 Å². The fourth-order valence-corrected chi connectivity index (χ4v) is 3.50. The van der Waals surface area contributed by atoms with Crippen molar-refractivity contribution >= 4 is 11.8 Å². The Hall–Kier alpha value is -0.470. The third-order valence-electron chi connectivity index (χ3n) is 3.61. The van der Waals surface area contributed by atoms with Gasteiger partial charge in [0.25, 0.3) is 0 Å². The summed E-state index contributed by atoms with van der Waals surface area (Å²) in [4.78, 5) is 1.34. The largest absolute Gasteiger partial charge is 0.388 e. The lowest BCUT2D eigenvalue weighted by molar-refractivity contribution is 0.173. The van der Waals surface area contributed by atoms with E-state index >= 15 is 0 Å². The van der Waals surface area contributed by atoms with Crippen LogP contribution in [0.25, 0.3) is 0 Å². The van der Waals surface area contributed by atoms with E-state index in [1.165, 1.54) is 36.3 Å². The van der Waals surface area contributed by atoms with Gasteiger partial charge in [0.1, 0.15) is 0 Å². The van der Waals surface area contributed by atoms with Gasteiger partial charge in [-0.25, -0.2) is 0 Å². The van der Waals surface area contributed by atoms with Crippen LogP contribution in [-0.4, -0.2) is 10.9 Å². The molecular weight excluding hydrogens is 228 g/mol. The van der Waals surface area contributed by atoms with Crippen molar-refractivity contribution in [1.82, 2.24) is 0 Å². The molecule has 0 heterocycles. The van der Waals surface area contributed by atoms with Crippen LogP contribution >= 0.6 is 11.8 Å². The average molecular weight is 250 g/mol. The van der Waals surface area contributed by atoms with Crippen molar-refractivity contribution in [3.8, 4) is 0 Å². The van der Waals surface area contributed by atoms with Gasteiger partial charge in [0, 0.05) is 10.6 Å². The van der Waals surface area contributed by atoms with E-state index in [9.17, 15) is 5.11 Å².